The molecule has 0 saturated carbocycles. The minimum atomic E-state index is -0.927. The van der Waals surface area contributed by atoms with Crippen LogP contribution in [0.25, 0.3) is 0 Å². The maximum atomic E-state index is 12.4. The third-order valence-corrected chi connectivity index (χ3v) is 4.39. The Balaban J connectivity index is 2.00. The molecular weight excluding hydrogens is 324 g/mol. The molecule has 1 aliphatic heterocycles. The number of carbonyl (C=O) groups is 3. The number of nitrogens with one attached hydrogen (secondary N) is 1. The first-order chi connectivity index (χ1) is 12.1. The fourth-order valence-corrected chi connectivity index (χ4v) is 2.79. The van der Waals surface area contributed by atoms with Crippen LogP contribution < -0.4 is 15.0 Å². The van der Waals surface area contributed by atoms with Gasteiger partial charge in [0.05, 0.1) is 12.8 Å². The highest BCUT2D eigenvalue weighted by Gasteiger charge is 2.29. The molecule has 1 aromatic carbocycles. The minimum Gasteiger partial charge on any atom is -0.495 e. The van der Waals surface area contributed by atoms with E-state index in [0.29, 0.717) is 43.5 Å². The summed E-state index contributed by atoms with van der Waals surface area (Å²) >= 11 is 0. The highest BCUT2D eigenvalue weighted by Crippen LogP contribution is 2.28. The van der Waals surface area contributed by atoms with E-state index in [1.54, 1.807) is 24.3 Å². The second-order valence-electron chi connectivity index (χ2n) is 5.99. The molecular formula is C18H24N2O5. The lowest BCUT2D eigenvalue weighted by atomic mass is 10.0. The van der Waals surface area contributed by atoms with Crippen LogP contribution in [0.15, 0.2) is 24.3 Å². The molecule has 2 rings (SSSR count). The third kappa shape index (κ3) is 4.79. The molecule has 0 aromatic heterocycles. The highest BCUT2D eigenvalue weighted by molar-refractivity contribution is 6.39. The van der Waals surface area contributed by atoms with E-state index in [1.807, 2.05) is 0 Å². The molecule has 2 amide bonds. The van der Waals surface area contributed by atoms with Crippen LogP contribution in [0.1, 0.15) is 19.8 Å². The topological polar surface area (TPSA) is 84.9 Å². The van der Waals surface area contributed by atoms with Crippen molar-refractivity contribution in [1.29, 1.82) is 0 Å². The number of benzene rings is 1. The number of carbonyl (C=O) groups excluding carboxylic acids is 3. The summed E-state index contributed by atoms with van der Waals surface area (Å²) in [6.07, 6.45) is 2.27. The lowest BCUT2D eigenvalue weighted by molar-refractivity contribution is -0.138. The number of hydrogen-bond donors (Lipinski definition) is 1. The van der Waals surface area contributed by atoms with Crippen molar-refractivity contribution in [1.82, 2.24) is 5.32 Å². The number of amides is 2. The Kier molecular flexibility index (Phi) is 6.94. The lowest BCUT2D eigenvalue weighted by Crippen LogP contribution is -2.47. The standard InChI is InChI=1S/C18H24N2O5/c1-13(20(12-21)15-5-3-4-6-16(15)24-2)17(22)18(23)19-11-14-7-9-25-10-8-14/h3-6,12-14H,7-11H2,1-2H3,(H,19,23). The van der Waals surface area contributed by atoms with Gasteiger partial charge < -0.3 is 19.7 Å². The molecule has 25 heavy (non-hydrogen) atoms. The Hall–Kier alpha value is -2.41. The van der Waals surface area contributed by atoms with Crippen LogP contribution in [0.2, 0.25) is 0 Å². The fraction of sp³-hybridized carbons (Fsp3) is 0.500. The number of Topliss-reactive ketones (excluding diaryl/α,β-unsaturated/α-hetero) is 1. The van der Waals surface area contributed by atoms with E-state index in [2.05, 4.69) is 5.32 Å². The van der Waals surface area contributed by atoms with E-state index in [4.69, 9.17) is 9.47 Å². The van der Waals surface area contributed by atoms with E-state index in [-0.39, 0.29) is 0 Å². The minimum absolute atomic E-state index is 0.317. The van der Waals surface area contributed by atoms with Crippen molar-refractivity contribution in [3.05, 3.63) is 24.3 Å². The molecule has 1 fully saturated rings. The first-order valence-electron chi connectivity index (χ1n) is 8.35. The molecule has 0 aliphatic carbocycles. The molecule has 1 heterocycles. The van der Waals surface area contributed by atoms with Crippen LogP contribution in [0.4, 0.5) is 5.69 Å². The van der Waals surface area contributed by atoms with Crippen molar-refractivity contribution in [2.45, 2.75) is 25.8 Å². The quantitative estimate of drug-likeness (QED) is 0.563. The summed E-state index contributed by atoms with van der Waals surface area (Å²) < 4.78 is 10.5. The monoisotopic (exact) mass is 348 g/mol. The van der Waals surface area contributed by atoms with Gasteiger partial charge in [-0.1, -0.05) is 12.1 Å². The van der Waals surface area contributed by atoms with Crippen LogP contribution in [-0.2, 0) is 19.1 Å². The van der Waals surface area contributed by atoms with Gasteiger partial charge in [-0.3, -0.25) is 14.4 Å². The highest BCUT2D eigenvalue weighted by atomic mass is 16.5. The van der Waals surface area contributed by atoms with E-state index in [9.17, 15) is 14.4 Å². The average Bonchev–Trinajstić information content (AvgIpc) is 2.67. The fourth-order valence-electron chi connectivity index (χ4n) is 2.79. The van der Waals surface area contributed by atoms with Crippen LogP contribution >= 0.6 is 0 Å². The molecule has 1 atom stereocenters. The van der Waals surface area contributed by atoms with Gasteiger partial charge in [0.1, 0.15) is 11.8 Å². The van der Waals surface area contributed by atoms with Gasteiger partial charge in [-0.15, -0.1) is 0 Å². The number of ether oxygens (including phenoxy) is 2. The molecule has 1 aliphatic rings. The Morgan fingerprint density at radius 3 is 2.68 bits per heavy atom. The zero-order valence-corrected chi connectivity index (χ0v) is 14.6. The van der Waals surface area contributed by atoms with Crippen molar-refractivity contribution in [2.24, 2.45) is 5.92 Å². The van der Waals surface area contributed by atoms with Crippen molar-refractivity contribution in [3.8, 4) is 5.75 Å². The maximum Gasteiger partial charge on any atom is 0.289 e. The van der Waals surface area contributed by atoms with Crippen LogP contribution in [0.5, 0.6) is 5.75 Å². The molecule has 7 nitrogen and oxygen atoms in total. The third-order valence-electron chi connectivity index (χ3n) is 4.39. The van der Waals surface area contributed by atoms with Crippen molar-refractivity contribution < 1.29 is 23.9 Å². The van der Waals surface area contributed by atoms with E-state index >= 15 is 0 Å². The first kappa shape index (κ1) is 18.9. The predicted octanol–water partition coefficient (Wildman–Crippen LogP) is 1.16. The van der Waals surface area contributed by atoms with Gasteiger partial charge in [-0.25, -0.2) is 0 Å². The van der Waals surface area contributed by atoms with Crippen LogP contribution in [0, 0.1) is 5.92 Å². The Bertz CT molecular complexity index is 613. The van der Waals surface area contributed by atoms with Gasteiger partial charge in [-0.05, 0) is 37.8 Å². The van der Waals surface area contributed by atoms with Crippen molar-refractivity contribution in [3.63, 3.8) is 0 Å². The summed E-state index contributed by atoms with van der Waals surface area (Å²) in [6, 6.07) is 5.92. The van der Waals surface area contributed by atoms with Crippen LogP contribution in [-0.4, -0.2) is 51.0 Å². The number of anilines is 1. The number of ketones is 1. The summed E-state index contributed by atoms with van der Waals surface area (Å²) in [6.45, 7) is 3.32. The number of methoxy groups -OCH3 is 1. The Labute approximate surface area is 147 Å². The van der Waals surface area contributed by atoms with Gasteiger partial charge in [0.2, 0.25) is 12.2 Å². The lowest BCUT2D eigenvalue weighted by Gasteiger charge is -2.26. The molecule has 1 aromatic rings. The molecule has 0 spiro atoms. The Morgan fingerprint density at radius 2 is 2.04 bits per heavy atom. The van der Waals surface area contributed by atoms with Crippen LogP contribution in [0.3, 0.4) is 0 Å². The summed E-state index contributed by atoms with van der Waals surface area (Å²) in [4.78, 5) is 37.3. The van der Waals surface area contributed by atoms with E-state index < -0.39 is 17.7 Å². The summed E-state index contributed by atoms with van der Waals surface area (Å²) in [7, 11) is 1.48. The van der Waals surface area contributed by atoms with Crippen molar-refractivity contribution in [2.75, 3.05) is 31.8 Å². The average molecular weight is 348 g/mol. The number of para-hydroxylation sites is 2. The molecule has 136 valence electrons. The van der Waals surface area contributed by atoms with Gasteiger partial charge >= 0.3 is 0 Å². The molecule has 7 heteroatoms. The zero-order chi connectivity index (χ0) is 18.2. The molecule has 1 N–H and O–H groups in total. The first-order valence-corrected chi connectivity index (χ1v) is 8.35. The molecule has 0 radical (unpaired) electrons. The zero-order valence-electron chi connectivity index (χ0n) is 14.6. The smallest absolute Gasteiger partial charge is 0.289 e. The molecule has 0 bridgehead atoms. The number of nitrogens with zero attached hydrogens (tertiary/aromatic N) is 1. The Morgan fingerprint density at radius 1 is 1.36 bits per heavy atom. The second-order valence-corrected chi connectivity index (χ2v) is 5.99. The van der Waals surface area contributed by atoms with Gasteiger partial charge in [-0.2, -0.15) is 0 Å². The summed E-state index contributed by atoms with van der Waals surface area (Å²) in [5, 5.41) is 2.67. The SMILES string of the molecule is COc1ccccc1N(C=O)C(C)C(=O)C(=O)NCC1CCOCC1. The predicted molar refractivity (Wildman–Crippen MR) is 92.6 cm³/mol. The largest absolute Gasteiger partial charge is 0.495 e. The molecule has 1 unspecified atom stereocenters. The number of hydrogen-bond acceptors (Lipinski definition) is 5. The van der Waals surface area contributed by atoms with E-state index in [0.717, 1.165) is 12.8 Å². The maximum absolute atomic E-state index is 12.4. The van der Waals surface area contributed by atoms with Gasteiger partial charge in [0.25, 0.3) is 5.91 Å². The molecule has 1 saturated heterocycles. The normalized spacial score (nSPS) is 15.9. The number of rotatable bonds is 8. The van der Waals surface area contributed by atoms with E-state index in [1.165, 1.54) is 18.9 Å². The summed E-state index contributed by atoms with van der Waals surface area (Å²) in [5.74, 6) is -0.570. The summed E-state index contributed by atoms with van der Waals surface area (Å²) in [5.41, 5.74) is 0.443. The van der Waals surface area contributed by atoms with Crippen molar-refractivity contribution >= 4 is 23.8 Å². The van der Waals surface area contributed by atoms with Gasteiger partial charge in [0.15, 0.2) is 0 Å². The second kappa shape index (κ2) is 9.17. The van der Waals surface area contributed by atoms with Gasteiger partial charge in [0, 0.05) is 19.8 Å².